The van der Waals surface area contributed by atoms with Crippen LogP contribution in [0.2, 0.25) is 0 Å². The lowest BCUT2D eigenvalue weighted by Crippen LogP contribution is -2.22. The van der Waals surface area contributed by atoms with Crippen molar-refractivity contribution in [1.82, 2.24) is 19.7 Å². The fraction of sp³-hybridized carbons (Fsp3) is 0.375. The molecule has 126 valence electrons. The molecular weight excluding hydrogens is 344 g/mol. The van der Waals surface area contributed by atoms with Crippen molar-refractivity contribution in [2.45, 2.75) is 44.6 Å². The highest BCUT2D eigenvalue weighted by Gasteiger charge is 2.21. The van der Waals surface area contributed by atoms with Gasteiger partial charge in [0.25, 0.3) is 5.56 Å². The smallest absolute Gasteiger partial charge is 0.263 e. The molecule has 8 heteroatoms. The van der Waals surface area contributed by atoms with E-state index < -0.39 is 0 Å². The minimum atomic E-state index is -0.103. The van der Waals surface area contributed by atoms with Crippen molar-refractivity contribution in [2.75, 3.05) is 0 Å². The van der Waals surface area contributed by atoms with Crippen molar-refractivity contribution in [2.24, 2.45) is 0 Å². The highest BCUT2D eigenvalue weighted by molar-refractivity contribution is 7.99. The topological polar surface area (TPSA) is 73.8 Å². The van der Waals surface area contributed by atoms with E-state index in [9.17, 15) is 4.79 Å². The summed E-state index contributed by atoms with van der Waals surface area (Å²) in [5.74, 6) is 1.12. The number of nitrogens with zero attached hydrogens (tertiary/aromatic N) is 4. The molecule has 0 fully saturated rings. The minimum absolute atomic E-state index is 0.0295. The van der Waals surface area contributed by atoms with Gasteiger partial charge in [-0.3, -0.25) is 9.36 Å². The van der Waals surface area contributed by atoms with E-state index in [0.29, 0.717) is 28.8 Å². The van der Waals surface area contributed by atoms with Crippen molar-refractivity contribution in [3.8, 4) is 0 Å². The van der Waals surface area contributed by atoms with E-state index in [1.54, 1.807) is 28.9 Å². The first-order valence-corrected chi connectivity index (χ1v) is 9.20. The molecule has 0 saturated heterocycles. The van der Waals surface area contributed by atoms with Crippen LogP contribution in [-0.4, -0.2) is 19.7 Å². The normalized spacial score (nSPS) is 12.7. The number of thioether (sulfide) groups is 1. The molecule has 0 radical (unpaired) electrons. The van der Waals surface area contributed by atoms with Gasteiger partial charge in [-0.15, -0.1) is 17.9 Å². The van der Waals surface area contributed by atoms with E-state index in [1.807, 2.05) is 20.8 Å². The first-order valence-electron chi connectivity index (χ1n) is 7.50. The fourth-order valence-electron chi connectivity index (χ4n) is 2.38. The third kappa shape index (κ3) is 2.91. The molecule has 0 aliphatic rings. The maximum absolute atomic E-state index is 12.9. The molecule has 0 saturated carbocycles. The quantitative estimate of drug-likeness (QED) is 0.390. The maximum atomic E-state index is 12.9. The predicted molar refractivity (Wildman–Crippen MR) is 96.9 cm³/mol. The molecule has 3 aromatic heterocycles. The summed E-state index contributed by atoms with van der Waals surface area (Å²) < 4.78 is 6.88. The Hall–Kier alpha value is -1.93. The van der Waals surface area contributed by atoms with Gasteiger partial charge in [0.15, 0.2) is 11.0 Å². The molecule has 3 rings (SSSR count). The van der Waals surface area contributed by atoms with Crippen LogP contribution in [0.15, 0.2) is 27.1 Å². The minimum Gasteiger partial charge on any atom is -0.338 e. The van der Waals surface area contributed by atoms with Crippen molar-refractivity contribution < 1.29 is 4.52 Å². The summed E-state index contributed by atoms with van der Waals surface area (Å²) in [5.41, 5.74) is 0.973. The van der Waals surface area contributed by atoms with Crippen LogP contribution in [0.4, 0.5) is 0 Å². The Bertz CT molecular complexity index is 971. The summed E-state index contributed by atoms with van der Waals surface area (Å²) >= 11 is 2.98. The van der Waals surface area contributed by atoms with E-state index in [2.05, 4.69) is 16.7 Å². The highest BCUT2D eigenvalue weighted by Crippen LogP contribution is 2.34. The number of fused-ring (bicyclic) bond motifs is 1. The zero-order chi connectivity index (χ0) is 17.4. The number of aryl methyl sites for hydroxylation is 3. The molecular formula is C16H18N4O2S2. The molecule has 24 heavy (non-hydrogen) atoms. The number of hydrogen-bond donors (Lipinski definition) is 0. The molecule has 3 heterocycles. The monoisotopic (exact) mass is 362 g/mol. The standard InChI is InChI=1S/C16H18N4O2S2/c1-6-7-20-15(21)12-8(2)9(3)23-14(12)18-16(20)24-10(4)13-17-11(5)19-22-13/h6,10H,1,7H2,2-5H3/t10-/m1/s1. The Balaban J connectivity index is 2.10. The van der Waals surface area contributed by atoms with Crippen LogP contribution in [0.5, 0.6) is 0 Å². The molecule has 6 nitrogen and oxygen atoms in total. The second-order valence-electron chi connectivity index (χ2n) is 5.50. The first-order chi connectivity index (χ1) is 11.4. The van der Waals surface area contributed by atoms with Gasteiger partial charge in [-0.1, -0.05) is 23.0 Å². The summed E-state index contributed by atoms with van der Waals surface area (Å²) in [6.07, 6.45) is 1.70. The predicted octanol–water partition coefficient (Wildman–Crippen LogP) is 3.81. The van der Waals surface area contributed by atoms with E-state index in [4.69, 9.17) is 9.51 Å². The molecule has 1 atom stereocenters. The van der Waals surface area contributed by atoms with E-state index in [0.717, 1.165) is 15.3 Å². The van der Waals surface area contributed by atoms with Gasteiger partial charge >= 0.3 is 0 Å². The molecule has 0 amide bonds. The third-order valence-corrected chi connectivity index (χ3v) is 5.92. The van der Waals surface area contributed by atoms with Gasteiger partial charge in [-0.25, -0.2) is 4.98 Å². The van der Waals surface area contributed by atoms with E-state index in [-0.39, 0.29) is 10.8 Å². The third-order valence-electron chi connectivity index (χ3n) is 3.74. The lowest BCUT2D eigenvalue weighted by Gasteiger charge is -2.12. The molecule has 0 unspecified atom stereocenters. The summed E-state index contributed by atoms with van der Waals surface area (Å²) in [5, 5.41) is 5.05. The molecule has 0 aromatic carbocycles. The van der Waals surface area contributed by atoms with Crippen molar-refractivity contribution in [3.63, 3.8) is 0 Å². The first kappa shape index (κ1) is 16.9. The maximum Gasteiger partial charge on any atom is 0.263 e. The Morgan fingerprint density at radius 2 is 2.12 bits per heavy atom. The molecule has 0 N–H and O–H groups in total. The zero-order valence-electron chi connectivity index (χ0n) is 14.0. The summed E-state index contributed by atoms with van der Waals surface area (Å²) in [6, 6.07) is 0. The highest BCUT2D eigenvalue weighted by atomic mass is 32.2. The van der Waals surface area contributed by atoms with Crippen LogP contribution >= 0.6 is 23.1 Å². The Morgan fingerprint density at radius 1 is 1.38 bits per heavy atom. The van der Waals surface area contributed by atoms with Crippen LogP contribution in [-0.2, 0) is 6.54 Å². The number of hydrogen-bond acceptors (Lipinski definition) is 7. The molecule has 3 aromatic rings. The van der Waals surface area contributed by atoms with Crippen LogP contribution in [0.25, 0.3) is 10.2 Å². The summed E-state index contributed by atoms with van der Waals surface area (Å²) in [7, 11) is 0. The van der Waals surface area contributed by atoms with Crippen LogP contribution < -0.4 is 5.56 Å². The van der Waals surface area contributed by atoms with Crippen LogP contribution in [0.1, 0.15) is 34.3 Å². The largest absolute Gasteiger partial charge is 0.338 e. The summed E-state index contributed by atoms with van der Waals surface area (Å²) in [4.78, 5) is 23.8. The average molecular weight is 362 g/mol. The van der Waals surface area contributed by atoms with Crippen LogP contribution in [0.3, 0.4) is 0 Å². The van der Waals surface area contributed by atoms with Crippen molar-refractivity contribution in [3.05, 3.63) is 45.2 Å². The van der Waals surface area contributed by atoms with Gasteiger partial charge < -0.3 is 4.52 Å². The van der Waals surface area contributed by atoms with Crippen LogP contribution in [0, 0.1) is 20.8 Å². The van der Waals surface area contributed by atoms with E-state index >= 15 is 0 Å². The Morgan fingerprint density at radius 3 is 2.75 bits per heavy atom. The molecule has 0 aliphatic heterocycles. The molecule has 0 aliphatic carbocycles. The molecule has 0 bridgehead atoms. The van der Waals surface area contributed by atoms with Gasteiger partial charge in [0.2, 0.25) is 5.89 Å². The Kier molecular flexibility index (Phi) is 4.60. The van der Waals surface area contributed by atoms with Gasteiger partial charge in [0.05, 0.1) is 10.6 Å². The zero-order valence-corrected chi connectivity index (χ0v) is 15.6. The van der Waals surface area contributed by atoms with Gasteiger partial charge in [-0.2, -0.15) is 4.98 Å². The van der Waals surface area contributed by atoms with Crippen molar-refractivity contribution in [1.29, 1.82) is 0 Å². The number of aromatic nitrogens is 4. The van der Waals surface area contributed by atoms with Gasteiger partial charge in [-0.05, 0) is 33.3 Å². The second kappa shape index (κ2) is 6.52. The van der Waals surface area contributed by atoms with E-state index in [1.165, 1.54) is 11.8 Å². The number of rotatable bonds is 5. The van der Waals surface area contributed by atoms with Gasteiger partial charge in [0, 0.05) is 11.4 Å². The average Bonchev–Trinajstić information content (AvgIpc) is 3.08. The SMILES string of the molecule is C=CCn1c(S[C@H](C)c2nc(C)no2)nc2sc(C)c(C)c2c1=O. The number of thiophene rings is 1. The van der Waals surface area contributed by atoms with Gasteiger partial charge in [0.1, 0.15) is 4.83 Å². The lowest BCUT2D eigenvalue weighted by molar-refractivity contribution is 0.376. The fourth-order valence-corrected chi connectivity index (χ4v) is 4.39. The molecule has 0 spiro atoms. The Labute approximate surface area is 147 Å². The second-order valence-corrected chi connectivity index (χ2v) is 8.01. The van der Waals surface area contributed by atoms with Crippen molar-refractivity contribution >= 4 is 33.3 Å². The lowest BCUT2D eigenvalue weighted by atomic mass is 10.2. The number of allylic oxidation sites excluding steroid dienone is 1. The summed E-state index contributed by atoms with van der Waals surface area (Å²) in [6.45, 7) is 11.9.